The van der Waals surface area contributed by atoms with Gasteiger partial charge in [0.25, 0.3) is 6.54 Å². The van der Waals surface area contributed by atoms with Crippen molar-refractivity contribution in [1.82, 2.24) is 0 Å². The Balaban J connectivity index is 2.56. The first-order chi connectivity index (χ1) is 6.68. The SMILES string of the molecule is O=C(C=Cc1ccccc1)C[N+](=O)[O-]. The lowest BCUT2D eigenvalue weighted by Gasteiger charge is -1.90. The minimum atomic E-state index is -0.649. The average molecular weight is 191 g/mol. The van der Waals surface area contributed by atoms with Gasteiger partial charge in [-0.3, -0.25) is 14.9 Å². The molecule has 0 aliphatic rings. The number of ketones is 1. The molecule has 0 N–H and O–H groups in total. The highest BCUT2D eigenvalue weighted by atomic mass is 16.6. The zero-order valence-corrected chi connectivity index (χ0v) is 7.42. The molecule has 0 aliphatic heterocycles. The molecular weight excluding hydrogens is 182 g/mol. The van der Waals surface area contributed by atoms with Crippen molar-refractivity contribution in [3.63, 3.8) is 0 Å². The van der Waals surface area contributed by atoms with Gasteiger partial charge >= 0.3 is 0 Å². The number of nitro groups is 1. The van der Waals surface area contributed by atoms with Crippen LogP contribution >= 0.6 is 0 Å². The van der Waals surface area contributed by atoms with Crippen molar-refractivity contribution >= 4 is 11.9 Å². The molecule has 0 amide bonds. The summed E-state index contributed by atoms with van der Waals surface area (Å²) in [5.41, 5.74) is 0.851. The number of carbonyl (C=O) groups is 1. The Morgan fingerprint density at radius 1 is 1.36 bits per heavy atom. The molecule has 0 radical (unpaired) electrons. The van der Waals surface area contributed by atoms with Crippen LogP contribution in [0.15, 0.2) is 36.4 Å². The minimum Gasteiger partial charge on any atom is -0.287 e. The van der Waals surface area contributed by atoms with E-state index in [1.807, 2.05) is 30.3 Å². The smallest absolute Gasteiger partial charge is 0.265 e. The van der Waals surface area contributed by atoms with Crippen LogP contribution in [0.4, 0.5) is 0 Å². The lowest BCUT2D eigenvalue weighted by molar-refractivity contribution is -0.466. The Morgan fingerprint density at radius 2 is 2.00 bits per heavy atom. The molecule has 1 aromatic rings. The van der Waals surface area contributed by atoms with Gasteiger partial charge in [-0.25, -0.2) is 0 Å². The summed E-state index contributed by atoms with van der Waals surface area (Å²) in [5.74, 6) is -0.501. The van der Waals surface area contributed by atoms with E-state index in [9.17, 15) is 14.9 Å². The van der Waals surface area contributed by atoms with E-state index in [0.717, 1.165) is 5.56 Å². The highest BCUT2D eigenvalue weighted by Gasteiger charge is 2.03. The summed E-state index contributed by atoms with van der Waals surface area (Å²) in [4.78, 5) is 20.2. The molecule has 0 aromatic heterocycles. The third kappa shape index (κ3) is 3.62. The van der Waals surface area contributed by atoms with Crippen LogP contribution in [0, 0.1) is 10.1 Å². The van der Waals surface area contributed by atoms with Crippen molar-refractivity contribution in [2.24, 2.45) is 0 Å². The Kier molecular flexibility index (Phi) is 3.55. The second-order valence-electron chi connectivity index (χ2n) is 2.70. The van der Waals surface area contributed by atoms with E-state index in [2.05, 4.69) is 0 Å². The van der Waals surface area contributed by atoms with Crippen LogP contribution in [-0.2, 0) is 4.79 Å². The number of benzene rings is 1. The Hall–Kier alpha value is -1.97. The molecule has 0 saturated carbocycles. The molecule has 14 heavy (non-hydrogen) atoms. The number of hydrogen-bond donors (Lipinski definition) is 0. The molecular formula is C10H9NO3. The molecule has 72 valence electrons. The molecule has 4 nitrogen and oxygen atoms in total. The molecule has 0 spiro atoms. The van der Waals surface area contributed by atoms with Gasteiger partial charge in [0.15, 0.2) is 0 Å². The lowest BCUT2D eigenvalue weighted by Crippen LogP contribution is -2.10. The molecule has 1 rings (SSSR count). The molecule has 0 fully saturated rings. The van der Waals surface area contributed by atoms with Gasteiger partial charge in [-0.15, -0.1) is 0 Å². The van der Waals surface area contributed by atoms with Crippen LogP contribution in [0.3, 0.4) is 0 Å². The summed E-state index contributed by atoms with van der Waals surface area (Å²) in [5, 5.41) is 9.97. The quantitative estimate of drug-likeness (QED) is 0.412. The fraction of sp³-hybridized carbons (Fsp3) is 0.100. The van der Waals surface area contributed by atoms with Crippen molar-refractivity contribution < 1.29 is 9.72 Å². The van der Waals surface area contributed by atoms with E-state index in [4.69, 9.17) is 0 Å². The highest BCUT2D eigenvalue weighted by Crippen LogP contribution is 2.00. The largest absolute Gasteiger partial charge is 0.287 e. The first kappa shape index (κ1) is 10.1. The summed E-state index contributed by atoms with van der Waals surface area (Å²) in [6.07, 6.45) is 2.78. The van der Waals surface area contributed by atoms with E-state index < -0.39 is 17.3 Å². The summed E-state index contributed by atoms with van der Waals surface area (Å²) in [6.45, 7) is -0.649. The topological polar surface area (TPSA) is 60.2 Å². The first-order valence-electron chi connectivity index (χ1n) is 4.06. The second kappa shape index (κ2) is 4.91. The predicted octanol–water partition coefficient (Wildman–Crippen LogP) is 1.55. The van der Waals surface area contributed by atoms with Gasteiger partial charge in [0, 0.05) is 4.92 Å². The minimum absolute atomic E-state index is 0.501. The van der Waals surface area contributed by atoms with Gasteiger partial charge in [-0.05, 0) is 11.6 Å². The van der Waals surface area contributed by atoms with Gasteiger partial charge < -0.3 is 0 Å². The van der Waals surface area contributed by atoms with Crippen molar-refractivity contribution in [3.8, 4) is 0 Å². The lowest BCUT2D eigenvalue weighted by atomic mass is 10.2. The Bertz CT molecular complexity index is 357. The number of carbonyl (C=O) groups excluding carboxylic acids is 1. The monoisotopic (exact) mass is 191 g/mol. The number of hydrogen-bond acceptors (Lipinski definition) is 3. The zero-order chi connectivity index (χ0) is 10.4. The van der Waals surface area contributed by atoms with Crippen molar-refractivity contribution in [2.45, 2.75) is 0 Å². The van der Waals surface area contributed by atoms with Gasteiger partial charge in [-0.2, -0.15) is 0 Å². The molecule has 0 unspecified atom stereocenters. The Labute approximate surface area is 81.0 Å². The van der Waals surface area contributed by atoms with E-state index >= 15 is 0 Å². The van der Waals surface area contributed by atoms with E-state index in [-0.39, 0.29) is 0 Å². The predicted molar refractivity (Wildman–Crippen MR) is 52.3 cm³/mol. The zero-order valence-electron chi connectivity index (χ0n) is 7.42. The van der Waals surface area contributed by atoms with Crippen LogP contribution in [0.25, 0.3) is 6.08 Å². The fourth-order valence-electron chi connectivity index (χ4n) is 0.933. The fourth-order valence-corrected chi connectivity index (χ4v) is 0.933. The number of nitrogens with zero attached hydrogens (tertiary/aromatic N) is 1. The van der Waals surface area contributed by atoms with Crippen molar-refractivity contribution in [2.75, 3.05) is 6.54 Å². The summed E-state index contributed by atoms with van der Waals surface area (Å²) < 4.78 is 0. The summed E-state index contributed by atoms with van der Waals surface area (Å²) in [7, 11) is 0. The van der Waals surface area contributed by atoms with E-state index in [1.54, 1.807) is 6.08 Å². The van der Waals surface area contributed by atoms with Crippen LogP contribution in [0.1, 0.15) is 5.56 Å². The van der Waals surface area contributed by atoms with E-state index in [1.165, 1.54) is 6.08 Å². The molecule has 0 bridgehead atoms. The standard InChI is InChI=1S/C10H9NO3/c12-10(8-11(13)14)7-6-9-4-2-1-3-5-9/h1-7H,8H2. The van der Waals surface area contributed by atoms with Gasteiger partial charge in [0.05, 0.1) is 0 Å². The average Bonchev–Trinajstić information content (AvgIpc) is 2.15. The highest BCUT2D eigenvalue weighted by molar-refractivity contribution is 5.94. The van der Waals surface area contributed by atoms with E-state index in [0.29, 0.717) is 0 Å². The first-order valence-corrected chi connectivity index (χ1v) is 4.06. The van der Waals surface area contributed by atoms with Gasteiger partial charge in [-0.1, -0.05) is 36.4 Å². The van der Waals surface area contributed by atoms with Gasteiger partial charge in [0.1, 0.15) is 0 Å². The number of rotatable bonds is 4. The van der Waals surface area contributed by atoms with Gasteiger partial charge in [0.2, 0.25) is 5.78 Å². The second-order valence-corrected chi connectivity index (χ2v) is 2.70. The summed E-state index contributed by atoms with van der Waals surface area (Å²) >= 11 is 0. The Morgan fingerprint density at radius 3 is 2.57 bits per heavy atom. The third-order valence-corrected chi connectivity index (χ3v) is 1.55. The van der Waals surface area contributed by atoms with Crippen LogP contribution in [0.2, 0.25) is 0 Å². The van der Waals surface area contributed by atoms with Crippen molar-refractivity contribution in [3.05, 3.63) is 52.1 Å². The normalized spacial score (nSPS) is 10.3. The molecule has 0 heterocycles. The van der Waals surface area contributed by atoms with Crippen LogP contribution < -0.4 is 0 Å². The van der Waals surface area contributed by atoms with Crippen LogP contribution in [0.5, 0.6) is 0 Å². The molecule has 0 saturated heterocycles. The van der Waals surface area contributed by atoms with Crippen molar-refractivity contribution in [1.29, 1.82) is 0 Å². The molecule has 1 aromatic carbocycles. The molecule has 0 atom stereocenters. The third-order valence-electron chi connectivity index (χ3n) is 1.55. The maximum Gasteiger partial charge on any atom is 0.265 e. The molecule has 4 heteroatoms. The summed E-state index contributed by atoms with van der Waals surface area (Å²) in [6, 6.07) is 9.15. The maximum atomic E-state index is 10.9. The maximum absolute atomic E-state index is 10.9. The molecule has 0 aliphatic carbocycles. The van der Waals surface area contributed by atoms with Crippen LogP contribution in [-0.4, -0.2) is 17.3 Å².